The molecule has 0 aliphatic rings. The predicted molar refractivity (Wildman–Crippen MR) is 55.4 cm³/mol. The zero-order valence-electron chi connectivity index (χ0n) is 7.17. The molecule has 1 rings (SSSR count). The van der Waals surface area contributed by atoms with Gasteiger partial charge in [-0.25, -0.2) is 0 Å². The van der Waals surface area contributed by atoms with Crippen LogP contribution >= 0.6 is 15.9 Å². The van der Waals surface area contributed by atoms with Crippen LogP contribution in [-0.4, -0.2) is 7.11 Å². The molecule has 2 heteroatoms. The molecular weight excluding hydrogens is 216 g/mol. The Hall–Kier alpha value is -0.760. The number of allylic oxidation sites excluding steroid dienone is 1. The predicted octanol–water partition coefficient (Wildman–Crippen LogP) is 3.49. The van der Waals surface area contributed by atoms with Crippen molar-refractivity contribution in [2.24, 2.45) is 0 Å². The number of benzene rings is 1. The van der Waals surface area contributed by atoms with Crippen molar-refractivity contribution in [3.63, 3.8) is 0 Å². The Labute approximate surface area is 81.2 Å². The molecule has 12 heavy (non-hydrogen) atoms. The molecule has 0 saturated carbocycles. The molecule has 0 saturated heterocycles. The topological polar surface area (TPSA) is 9.23 Å². The van der Waals surface area contributed by atoms with E-state index in [1.165, 1.54) is 0 Å². The molecule has 64 valence electrons. The monoisotopic (exact) mass is 226 g/mol. The van der Waals surface area contributed by atoms with Crippen LogP contribution in [0.5, 0.6) is 5.75 Å². The Morgan fingerprint density at radius 1 is 1.42 bits per heavy atom. The minimum absolute atomic E-state index is 0.881. The summed E-state index contributed by atoms with van der Waals surface area (Å²) in [5.74, 6) is 0.881. The second-order valence-corrected chi connectivity index (χ2v) is 3.24. The molecule has 0 amide bonds. The van der Waals surface area contributed by atoms with Gasteiger partial charge in [0.2, 0.25) is 0 Å². The van der Waals surface area contributed by atoms with Crippen LogP contribution in [0, 0.1) is 0 Å². The molecular formula is C10H11BrO. The third-order valence-electron chi connectivity index (χ3n) is 1.55. The lowest BCUT2D eigenvalue weighted by Gasteiger charge is -2.02. The van der Waals surface area contributed by atoms with Gasteiger partial charge in [-0.1, -0.05) is 28.1 Å². The third kappa shape index (κ3) is 2.11. The average Bonchev–Trinajstić information content (AvgIpc) is 2.09. The Bertz CT molecular complexity index is 292. The Balaban J connectivity index is 3.08. The normalized spacial score (nSPS) is 10.6. The molecule has 0 heterocycles. The van der Waals surface area contributed by atoms with Gasteiger partial charge < -0.3 is 4.74 Å². The van der Waals surface area contributed by atoms with Gasteiger partial charge in [-0.05, 0) is 30.7 Å². The summed E-state index contributed by atoms with van der Waals surface area (Å²) in [5.41, 5.74) is 1.14. The molecule has 0 bridgehead atoms. The zero-order chi connectivity index (χ0) is 8.97. The summed E-state index contributed by atoms with van der Waals surface area (Å²) in [6.45, 7) is 1.99. The first-order valence-electron chi connectivity index (χ1n) is 3.74. The van der Waals surface area contributed by atoms with Crippen LogP contribution < -0.4 is 4.74 Å². The highest BCUT2D eigenvalue weighted by molar-refractivity contribution is 9.10. The summed E-state index contributed by atoms with van der Waals surface area (Å²) in [4.78, 5) is 0. The lowest BCUT2D eigenvalue weighted by Crippen LogP contribution is -1.83. The number of ether oxygens (including phenoxy) is 1. The Kier molecular flexibility index (Phi) is 3.35. The second-order valence-electron chi connectivity index (χ2n) is 2.39. The van der Waals surface area contributed by atoms with Crippen LogP contribution in [0.25, 0.3) is 6.08 Å². The number of hydrogen-bond acceptors (Lipinski definition) is 1. The van der Waals surface area contributed by atoms with Gasteiger partial charge in [-0.15, -0.1) is 0 Å². The molecule has 1 aromatic rings. The summed E-state index contributed by atoms with van der Waals surface area (Å²) in [5, 5.41) is 0. The van der Waals surface area contributed by atoms with Gasteiger partial charge in [0.1, 0.15) is 5.75 Å². The van der Waals surface area contributed by atoms with Gasteiger partial charge >= 0.3 is 0 Å². The first-order chi connectivity index (χ1) is 5.77. The zero-order valence-corrected chi connectivity index (χ0v) is 8.76. The van der Waals surface area contributed by atoms with Crippen molar-refractivity contribution in [3.8, 4) is 5.75 Å². The fraction of sp³-hybridized carbons (Fsp3) is 0.200. The van der Waals surface area contributed by atoms with Gasteiger partial charge in [0.15, 0.2) is 0 Å². The van der Waals surface area contributed by atoms with Crippen molar-refractivity contribution in [1.29, 1.82) is 0 Å². The second kappa shape index (κ2) is 4.31. The van der Waals surface area contributed by atoms with Crippen LogP contribution in [0.2, 0.25) is 0 Å². The molecule has 1 aromatic carbocycles. The highest BCUT2D eigenvalue weighted by Gasteiger charge is 1.97. The minimum Gasteiger partial charge on any atom is -0.497 e. The van der Waals surface area contributed by atoms with E-state index >= 15 is 0 Å². The number of rotatable bonds is 2. The average molecular weight is 227 g/mol. The molecule has 0 spiro atoms. The largest absolute Gasteiger partial charge is 0.497 e. The lowest BCUT2D eigenvalue weighted by atomic mass is 10.2. The summed E-state index contributed by atoms with van der Waals surface area (Å²) in [6, 6.07) is 5.90. The van der Waals surface area contributed by atoms with E-state index in [0.717, 1.165) is 15.8 Å². The highest BCUT2D eigenvalue weighted by Crippen LogP contribution is 2.23. The Morgan fingerprint density at radius 3 is 2.75 bits per heavy atom. The van der Waals surface area contributed by atoms with Crippen LogP contribution in [0.3, 0.4) is 0 Å². The maximum Gasteiger partial charge on any atom is 0.119 e. The van der Waals surface area contributed by atoms with Gasteiger partial charge in [0.25, 0.3) is 0 Å². The van der Waals surface area contributed by atoms with E-state index in [1.807, 2.05) is 37.3 Å². The summed E-state index contributed by atoms with van der Waals surface area (Å²) in [7, 11) is 1.67. The molecule has 0 fully saturated rings. The smallest absolute Gasteiger partial charge is 0.119 e. The van der Waals surface area contributed by atoms with Crippen LogP contribution in [-0.2, 0) is 0 Å². The van der Waals surface area contributed by atoms with Gasteiger partial charge in [-0.3, -0.25) is 0 Å². The third-order valence-corrected chi connectivity index (χ3v) is 2.27. The highest BCUT2D eigenvalue weighted by atomic mass is 79.9. The Morgan fingerprint density at radius 2 is 2.17 bits per heavy atom. The molecule has 0 unspecified atom stereocenters. The number of methoxy groups -OCH3 is 1. The minimum atomic E-state index is 0.881. The first-order valence-corrected chi connectivity index (χ1v) is 4.53. The van der Waals surface area contributed by atoms with E-state index in [1.54, 1.807) is 7.11 Å². The van der Waals surface area contributed by atoms with Crippen molar-refractivity contribution in [1.82, 2.24) is 0 Å². The molecule has 0 aliphatic heterocycles. The van der Waals surface area contributed by atoms with E-state index in [-0.39, 0.29) is 0 Å². The lowest BCUT2D eigenvalue weighted by molar-refractivity contribution is 0.414. The quantitative estimate of drug-likeness (QED) is 0.751. The van der Waals surface area contributed by atoms with Crippen LogP contribution in [0.4, 0.5) is 0 Å². The molecule has 0 aromatic heterocycles. The van der Waals surface area contributed by atoms with Gasteiger partial charge in [0, 0.05) is 4.47 Å². The van der Waals surface area contributed by atoms with Crippen LogP contribution in [0.1, 0.15) is 12.5 Å². The summed E-state index contributed by atoms with van der Waals surface area (Å²) < 4.78 is 6.19. The van der Waals surface area contributed by atoms with E-state index in [9.17, 15) is 0 Å². The molecule has 1 nitrogen and oxygen atoms in total. The van der Waals surface area contributed by atoms with Crippen molar-refractivity contribution in [2.75, 3.05) is 7.11 Å². The summed E-state index contributed by atoms with van der Waals surface area (Å²) in [6.07, 6.45) is 4.03. The fourth-order valence-electron chi connectivity index (χ4n) is 0.956. The maximum absolute atomic E-state index is 5.10. The van der Waals surface area contributed by atoms with E-state index in [0.29, 0.717) is 0 Å². The molecule has 0 aliphatic carbocycles. The van der Waals surface area contributed by atoms with Crippen molar-refractivity contribution < 1.29 is 4.74 Å². The SMILES string of the molecule is CC=Cc1cc(OC)ccc1Br. The molecule has 0 N–H and O–H groups in total. The van der Waals surface area contributed by atoms with Crippen molar-refractivity contribution >= 4 is 22.0 Å². The van der Waals surface area contributed by atoms with Crippen LogP contribution in [0.15, 0.2) is 28.7 Å². The summed E-state index contributed by atoms with van der Waals surface area (Å²) >= 11 is 3.45. The molecule has 0 atom stereocenters. The van der Waals surface area contributed by atoms with E-state index < -0.39 is 0 Å². The number of halogens is 1. The van der Waals surface area contributed by atoms with Gasteiger partial charge in [0.05, 0.1) is 7.11 Å². The van der Waals surface area contributed by atoms with E-state index in [4.69, 9.17) is 4.74 Å². The van der Waals surface area contributed by atoms with Crippen molar-refractivity contribution in [3.05, 3.63) is 34.3 Å². The first kappa shape index (κ1) is 9.33. The number of hydrogen-bond donors (Lipinski definition) is 0. The molecule has 0 radical (unpaired) electrons. The van der Waals surface area contributed by atoms with Gasteiger partial charge in [-0.2, -0.15) is 0 Å². The maximum atomic E-state index is 5.10. The van der Waals surface area contributed by atoms with Crippen molar-refractivity contribution in [2.45, 2.75) is 6.92 Å². The fourth-order valence-corrected chi connectivity index (χ4v) is 1.33. The standard InChI is InChI=1S/C10H11BrO/c1-3-4-8-7-9(12-2)5-6-10(8)11/h3-7H,1-2H3. The van der Waals surface area contributed by atoms with E-state index in [2.05, 4.69) is 15.9 Å².